The van der Waals surface area contributed by atoms with Gasteiger partial charge in [0.25, 0.3) is 0 Å². The molecular formula is C21H21N5. The Bertz CT molecular complexity index is 1040. The second kappa shape index (κ2) is 6.59. The number of hydrogen-bond acceptors (Lipinski definition) is 4. The molecule has 0 saturated heterocycles. The molecule has 0 radical (unpaired) electrons. The Labute approximate surface area is 152 Å². The molecule has 1 aromatic carbocycles. The third kappa shape index (κ3) is 3.16. The summed E-state index contributed by atoms with van der Waals surface area (Å²) in [5.41, 5.74) is 5.93. The van der Waals surface area contributed by atoms with Crippen LogP contribution in [-0.2, 0) is 0 Å². The van der Waals surface area contributed by atoms with Gasteiger partial charge in [-0.05, 0) is 32.4 Å². The first-order valence-corrected chi connectivity index (χ1v) is 8.72. The van der Waals surface area contributed by atoms with Gasteiger partial charge in [-0.2, -0.15) is 9.61 Å². The number of rotatable bonds is 4. The van der Waals surface area contributed by atoms with Crippen molar-refractivity contribution in [3.8, 4) is 11.3 Å². The zero-order chi connectivity index (χ0) is 18.1. The standard InChI is InChI=1S/C21H21N5/c1-14-9-10-18(13-22-14)16(3)23-21-12-19(17-7-5-4-6-8-17)24-20-11-15(2)25-26(20)21/h4-13,16,23H,1-3H3/t16-/m1/s1. The third-order valence-corrected chi connectivity index (χ3v) is 4.42. The Morgan fingerprint density at radius 3 is 2.50 bits per heavy atom. The van der Waals surface area contributed by atoms with Gasteiger partial charge in [-0.15, -0.1) is 0 Å². The van der Waals surface area contributed by atoms with Gasteiger partial charge in [0.2, 0.25) is 0 Å². The van der Waals surface area contributed by atoms with Crippen molar-refractivity contribution in [3.05, 3.63) is 77.7 Å². The van der Waals surface area contributed by atoms with Crippen LogP contribution < -0.4 is 5.32 Å². The Hall–Kier alpha value is -3.21. The lowest BCUT2D eigenvalue weighted by Crippen LogP contribution is -2.11. The van der Waals surface area contributed by atoms with E-state index in [0.717, 1.165) is 39.7 Å². The van der Waals surface area contributed by atoms with Crippen molar-refractivity contribution in [3.63, 3.8) is 0 Å². The van der Waals surface area contributed by atoms with Crippen molar-refractivity contribution in [2.24, 2.45) is 0 Å². The van der Waals surface area contributed by atoms with Gasteiger partial charge in [-0.1, -0.05) is 36.4 Å². The topological polar surface area (TPSA) is 55.1 Å². The lowest BCUT2D eigenvalue weighted by atomic mass is 10.1. The van der Waals surface area contributed by atoms with Crippen LogP contribution in [0.15, 0.2) is 60.8 Å². The third-order valence-electron chi connectivity index (χ3n) is 4.42. The number of pyridine rings is 1. The normalized spacial score (nSPS) is 12.3. The maximum Gasteiger partial charge on any atom is 0.158 e. The predicted molar refractivity (Wildman–Crippen MR) is 104 cm³/mol. The molecular weight excluding hydrogens is 322 g/mol. The van der Waals surface area contributed by atoms with E-state index >= 15 is 0 Å². The SMILES string of the molecule is Cc1ccc([C@@H](C)Nc2cc(-c3ccccc3)nc3cc(C)nn23)cn1. The fraction of sp³-hybridized carbons (Fsp3) is 0.190. The van der Waals surface area contributed by atoms with E-state index in [4.69, 9.17) is 4.98 Å². The summed E-state index contributed by atoms with van der Waals surface area (Å²) in [6.07, 6.45) is 1.91. The van der Waals surface area contributed by atoms with Gasteiger partial charge in [0.05, 0.1) is 17.4 Å². The monoisotopic (exact) mass is 343 g/mol. The Kier molecular flexibility index (Phi) is 4.13. The summed E-state index contributed by atoms with van der Waals surface area (Å²) in [7, 11) is 0. The van der Waals surface area contributed by atoms with Crippen molar-refractivity contribution in [2.45, 2.75) is 26.8 Å². The summed E-state index contributed by atoms with van der Waals surface area (Å²) in [5.74, 6) is 0.912. The Morgan fingerprint density at radius 2 is 1.77 bits per heavy atom. The molecule has 0 aliphatic heterocycles. The van der Waals surface area contributed by atoms with Crippen molar-refractivity contribution in [2.75, 3.05) is 5.32 Å². The van der Waals surface area contributed by atoms with E-state index in [1.807, 2.05) is 61.0 Å². The van der Waals surface area contributed by atoms with Crippen LogP contribution in [0.1, 0.15) is 29.9 Å². The van der Waals surface area contributed by atoms with Gasteiger partial charge in [0, 0.05) is 29.6 Å². The van der Waals surface area contributed by atoms with E-state index in [-0.39, 0.29) is 6.04 Å². The van der Waals surface area contributed by atoms with Crippen LogP contribution in [0.3, 0.4) is 0 Å². The maximum absolute atomic E-state index is 4.77. The smallest absolute Gasteiger partial charge is 0.158 e. The minimum Gasteiger partial charge on any atom is -0.363 e. The molecule has 4 aromatic rings. The van der Waals surface area contributed by atoms with E-state index in [0.29, 0.717) is 0 Å². The Balaban J connectivity index is 1.76. The first-order valence-electron chi connectivity index (χ1n) is 8.72. The number of aryl methyl sites for hydroxylation is 2. The number of nitrogens with one attached hydrogen (secondary N) is 1. The molecule has 0 fully saturated rings. The summed E-state index contributed by atoms with van der Waals surface area (Å²) in [5, 5.41) is 8.15. The van der Waals surface area contributed by atoms with Crippen LogP contribution in [-0.4, -0.2) is 19.6 Å². The van der Waals surface area contributed by atoms with Gasteiger partial charge in [-0.3, -0.25) is 4.98 Å². The zero-order valence-electron chi connectivity index (χ0n) is 15.1. The summed E-state index contributed by atoms with van der Waals surface area (Å²) >= 11 is 0. The van der Waals surface area contributed by atoms with E-state index in [1.165, 1.54) is 0 Å². The van der Waals surface area contributed by atoms with Crippen LogP contribution in [0.4, 0.5) is 5.82 Å². The van der Waals surface area contributed by atoms with E-state index in [1.54, 1.807) is 0 Å². The van der Waals surface area contributed by atoms with Gasteiger partial charge in [0.1, 0.15) is 5.82 Å². The maximum atomic E-state index is 4.77. The predicted octanol–water partition coefficient (Wildman–Crippen LogP) is 4.58. The van der Waals surface area contributed by atoms with Crippen LogP contribution in [0, 0.1) is 13.8 Å². The fourth-order valence-corrected chi connectivity index (χ4v) is 2.99. The highest BCUT2D eigenvalue weighted by Gasteiger charge is 2.13. The quantitative estimate of drug-likeness (QED) is 0.589. The average Bonchev–Trinajstić information content (AvgIpc) is 3.03. The van der Waals surface area contributed by atoms with Crippen LogP contribution in [0.2, 0.25) is 0 Å². The summed E-state index contributed by atoms with van der Waals surface area (Å²) in [4.78, 5) is 9.17. The second-order valence-corrected chi connectivity index (χ2v) is 6.55. The molecule has 5 nitrogen and oxygen atoms in total. The molecule has 3 heterocycles. The summed E-state index contributed by atoms with van der Waals surface area (Å²) in [6, 6.07) is 18.5. The van der Waals surface area contributed by atoms with E-state index in [2.05, 4.69) is 40.5 Å². The Morgan fingerprint density at radius 1 is 0.962 bits per heavy atom. The summed E-state index contributed by atoms with van der Waals surface area (Å²) in [6.45, 7) is 6.10. The zero-order valence-corrected chi connectivity index (χ0v) is 15.1. The van der Waals surface area contributed by atoms with Crippen LogP contribution in [0.25, 0.3) is 16.9 Å². The van der Waals surface area contributed by atoms with Crippen LogP contribution in [0.5, 0.6) is 0 Å². The number of hydrogen-bond donors (Lipinski definition) is 1. The number of fused-ring (bicyclic) bond motifs is 1. The van der Waals surface area contributed by atoms with Crippen molar-refractivity contribution in [1.82, 2.24) is 19.6 Å². The molecule has 5 heteroatoms. The molecule has 0 aliphatic carbocycles. The molecule has 0 spiro atoms. The highest BCUT2D eigenvalue weighted by Crippen LogP contribution is 2.25. The van der Waals surface area contributed by atoms with Gasteiger partial charge in [-0.25, -0.2) is 4.98 Å². The van der Waals surface area contributed by atoms with Gasteiger partial charge in [0.15, 0.2) is 5.65 Å². The summed E-state index contributed by atoms with van der Waals surface area (Å²) < 4.78 is 1.86. The molecule has 26 heavy (non-hydrogen) atoms. The number of aromatic nitrogens is 4. The highest BCUT2D eigenvalue weighted by atomic mass is 15.3. The molecule has 0 bridgehead atoms. The molecule has 0 unspecified atom stereocenters. The largest absolute Gasteiger partial charge is 0.363 e. The van der Waals surface area contributed by atoms with E-state index < -0.39 is 0 Å². The van der Waals surface area contributed by atoms with Crippen molar-refractivity contribution in [1.29, 1.82) is 0 Å². The van der Waals surface area contributed by atoms with Crippen molar-refractivity contribution < 1.29 is 0 Å². The lowest BCUT2D eigenvalue weighted by molar-refractivity contribution is 0.830. The molecule has 0 aliphatic rings. The lowest BCUT2D eigenvalue weighted by Gasteiger charge is -2.17. The molecule has 0 amide bonds. The molecule has 0 saturated carbocycles. The minimum atomic E-state index is 0.0989. The second-order valence-electron chi connectivity index (χ2n) is 6.55. The molecule has 1 atom stereocenters. The van der Waals surface area contributed by atoms with Gasteiger partial charge >= 0.3 is 0 Å². The average molecular weight is 343 g/mol. The number of benzene rings is 1. The number of nitrogens with zero attached hydrogens (tertiary/aromatic N) is 4. The van der Waals surface area contributed by atoms with E-state index in [9.17, 15) is 0 Å². The van der Waals surface area contributed by atoms with Gasteiger partial charge < -0.3 is 5.32 Å². The minimum absolute atomic E-state index is 0.0989. The molecule has 130 valence electrons. The first kappa shape index (κ1) is 16.3. The fourth-order valence-electron chi connectivity index (χ4n) is 2.99. The molecule has 1 N–H and O–H groups in total. The van der Waals surface area contributed by atoms with Crippen LogP contribution >= 0.6 is 0 Å². The molecule has 3 aromatic heterocycles. The van der Waals surface area contributed by atoms with Crippen molar-refractivity contribution >= 4 is 11.5 Å². The first-order chi connectivity index (χ1) is 12.6. The number of anilines is 1. The molecule has 4 rings (SSSR count). The highest BCUT2D eigenvalue weighted by molar-refractivity contribution is 5.66.